The van der Waals surface area contributed by atoms with Crippen LogP contribution in [0.5, 0.6) is 5.75 Å². The number of rotatable bonds is 8. The molecule has 1 fully saturated rings. The predicted octanol–water partition coefficient (Wildman–Crippen LogP) is 3.05. The first-order chi connectivity index (χ1) is 18.5. The van der Waals surface area contributed by atoms with E-state index in [9.17, 15) is 19.5 Å². The van der Waals surface area contributed by atoms with E-state index in [1.54, 1.807) is 41.6 Å². The molecular formula is C28H28N6O4. The number of para-hydroxylation sites is 1. The number of phenolic OH excluding ortho intramolecular Hbond substituents is 1. The van der Waals surface area contributed by atoms with Crippen molar-refractivity contribution in [1.82, 2.24) is 14.9 Å². The fourth-order valence-corrected chi connectivity index (χ4v) is 4.62. The van der Waals surface area contributed by atoms with E-state index in [-0.39, 0.29) is 40.3 Å². The first-order valence-electron chi connectivity index (χ1n) is 12.5. The Hall–Kier alpha value is -4.73. The van der Waals surface area contributed by atoms with Gasteiger partial charge >= 0.3 is 0 Å². The van der Waals surface area contributed by atoms with Crippen LogP contribution in [0.1, 0.15) is 35.3 Å². The lowest BCUT2D eigenvalue weighted by Gasteiger charge is -2.34. The van der Waals surface area contributed by atoms with Crippen LogP contribution in [-0.2, 0) is 0 Å². The van der Waals surface area contributed by atoms with Gasteiger partial charge in [-0.05, 0) is 30.2 Å². The van der Waals surface area contributed by atoms with Gasteiger partial charge in [0, 0.05) is 38.6 Å². The van der Waals surface area contributed by atoms with Gasteiger partial charge in [0.1, 0.15) is 11.4 Å². The van der Waals surface area contributed by atoms with E-state index >= 15 is 0 Å². The van der Waals surface area contributed by atoms with E-state index in [4.69, 9.17) is 0 Å². The number of amides is 1. The molecule has 3 aromatic carbocycles. The van der Waals surface area contributed by atoms with E-state index in [2.05, 4.69) is 20.6 Å². The first-order valence-corrected chi connectivity index (χ1v) is 12.5. The molecule has 38 heavy (non-hydrogen) atoms. The maximum Gasteiger partial charge on any atom is 0.257 e. The molecule has 0 aliphatic carbocycles. The van der Waals surface area contributed by atoms with Gasteiger partial charge in [0.05, 0.1) is 17.3 Å². The molecule has 3 N–H and O–H groups in total. The Balaban J connectivity index is 1.31. The molecule has 0 unspecified atom stereocenters. The number of hydrogen-bond donors (Lipinski definition) is 3. The minimum absolute atomic E-state index is 0.0701. The van der Waals surface area contributed by atoms with E-state index < -0.39 is 10.9 Å². The van der Waals surface area contributed by atoms with E-state index in [0.717, 1.165) is 5.56 Å². The summed E-state index contributed by atoms with van der Waals surface area (Å²) in [6.07, 6.45) is 4.05. The van der Waals surface area contributed by atoms with Gasteiger partial charge in [0.15, 0.2) is 5.75 Å². The highest BCUT2D eigenvalue weighted by Crippen LogP contribution is 2.33. The van der Waals surface area contributed by atoms with Crippen LogP contribution < -0.4 is 26.4 Å². The second kappa shape index (κ2) is 10.7. The molecule has 1 atom stereocenters. The Kier molecular flexibility index (Phi) is 7.03. The van der Waals surface area contributed by atoms with E-state index in [1.807, 2.05) is 42.2 Å². The Morgan fingerprint density at radius 1 is 0.921 bits per heavy atom. The zero-order valence-corrected chi connectivity index (χ0v) is 20.9. The molecule has 1 saturated heterocycles. The number of nitrogens with zero attached hydrogens (tertiary/aromatic N) is 4. The lowest BCUT2D eigenvalue weighted by atomic mass is 10.0. The fourth-order valence-electron chi connectivity index (χ4n) is 4.62. The number of anilines is 4. The van der Waals surface area contributed by atoms with Crippen LogP contribution in [0, 0.1) is 0 Å². The quantitative estimate of drug-likeness (QED) is 0.241. The number of carbonyl (C=O) groups excluding carboxylic acids is 1. The molecule has 0 bridgehead atoms. The van der Waals surface area contributed by atoms with E-state index in [0.29, 0.717) is 38.5 Å². The Morgan fingerprint density at radius 2 is 1.61 bits per heavy atom. The summed E-state index contributed by atoms with van der Waals surface area (Å²) >= 11 is 0. The number of phenols is 1. The van der Waals surface area contributed by atoms with Crippen LogP contribution in [0.15, 0.2) is 76.6 Å². The van der Waals surface area contributed by atoms with Gasteiger partial charge in [-0.25, -0.2) is 9.97 Å². The average molecular weight is 513 g/mol. The van der Waals surface area contributed by atoms with Crippen LogP contribution in [0.4, 0.5) is 23.0 Å². The number of carbonyl (C=O) groups is 1. The molecule has 0 spiro atoms. The average Bonchev–Trinajstić information content (AvgIpc) is 2.98. The number of aromatic nitrogens is 2. The van der Waals surface area contributed by atoms with Gasteiger partial charge in [-0.2, -0.15) is 0 Å². The summed E-state index contributed by atoms with van der Waals surface area (Å²) in [6.45, 7) is 3.99. The number of benzene rings is 2. The lowest BCUT2D eigenvalue weighted by molar-refractivity contribution is 0.0743. The Labute approximate surface area is 219 Å². The predicted molar refractivity (Wildman–Crippen MR) is 146 cm³/mol. The highest BCUT2D eigenvalue weighted by atomic mass is 16.3. The summed E-state index contributed by atoms with van der Waals surface area (Å²) in [6, 6.07) is 16.0. The van der Waals surface area contributed by atoms with Crippen molar-refractivity contribution >= 4 is 28.9 Å². The fraction of sp³-hybridized carbons (Fsp3) is 0.250. The van der Waals surface area contributed by atoms with Gasteiger partial charge in [-0.3, -0.25) is 14.4 Å². The number of nitrogens with one attached hydrogen (secondary N) is 2. The van der Waals surface area contributed by atoms with Crippen molar-refractivity contribution in [2.75, 3.05) is 41.7 Å². The van der Waals surface area contributed by atoms with E-state index in [1.165, 1.54) is 0 Å². The van der Waals surface area contributed by atoms with Crippen molar-refractivity contribution in [3.63, 3.8) is 0 Å². The number of hydrogen-bond acceptors (Lipinski definition) is 9. The third kappa shape index (κ3) is 4.80. The lowest BCUT2D eigenvalue weighted by Crippen LogP contribution is -2.49. The minimum Gasteiger partial charge on any atom is -0.505 e. The van der Waals surface area contributed by atoms with Crippen molar-refractivity contribution in [3.8, 4) is 5.75 Å². The molecule has 194 valence electrons. The van der Waals surface area contributed by atoms with Crippen LogP contribution in [0.2, 0.25) is 0 Å². The molecule has 10 nitrogen and oxygen atoms in total. The smallest absolute Gasteiger partial charge is 0.257 e. The summed E-state index contributed by atoms with van der Waals surface area (Å²) in [5.41, 5.74) is 0.225. The molecule has 0 saturated carbocycles. The van der Waals surface area contributed by atoms with Crippen molar-refractivity contribution in [3.05, 3.63) is 98.6 Å². The Bertz CT molecular complexity index is 1490. The molecular weight excluding hydrogens is 484 g/mol. The zero-order chi connectivity index (χ0) is 26.6. The molecule has 1 aliphatic heterocycles. The molecule has 4 aromatic rings. The largest absolute Gasteiger partial charge is 0.505 e. The van der Waals surface area contributed by atoms with Crippen molar-refractivity contribution in [2.45, 2.75) is 19.4 Å². The second-order valence-corrected chi connectivity index (χ2v) is 9.08. The summed E-state index contributed by atoms with van der Waals surface area (Å²) in [4.78, 5) is 50.2. The number of piperazine rings is 1. The van der Waals surface area contributed by atoms with Crippen LogP contribution in [0.3, 0.4) is 0 Å². The zero-order valence-electron chi connectivity index (χ0n) is 20.9. The van der Waals surface area contributed by atoms with Gasteiger partial charge in [-0.15, -0.1) is 0 Å². The number of aromatic hydroxyl groups is 1. The van der Waals surface area contributed by atoms with Gasteiger partial charge in [0.25, 0.3) is 16.8 Å². The molecule has 10 heteroatoms. The van der Waals surface area contributed by atoms with Gasteiger partial charge in [-0.1, -0.05) is 43.3 Å². The third-order valence-corrected chi connectivity index (χ3v) is 6.77. The molecule has 1 aromatic heterocycles. The topological polar surface area (TPSA) is 128 Å². The van der Waals surface area contributed by atoms with Crippen molar-refractivity contribution in [1.29, 1.82) is 0 Å². The van der Waals surface area contributed by atoms with Gasteiger partial charge < -0.3 is 25.5 Å². The monoisotopic (exact) mass is 512 g/mol. The summed E-state index contributed by atoms with van der Waals surface area (Å²) < 4.78 is 0. The maximum absolute atomic E-state index is 13.3. The highest BCUT2D eigenvalue weighted by molar-refractivity contribution is 5.99. The third-order valence-electron chi connectivity index (χ3n) is 6.77. The van der Waals surface area contributed by atoms with Crippen molar-refractivity contribution < 1.29 is 9.90 Å². The molecule has 1 amide bonds. The second-order valence-electron chi connectivity index (χ2n) is 9.08. The summed E-state index contributed by atoms with van der Waals surface area (Å²) in [7, 11) is 0. The molecule has 1 aliphatic rings. The van der Waals surface area contributed by atoms with Crippen LogP contribution in [-0.4, -0.2) is 52.1 Å². The maximum atomic E-state index is 13.3. The highest BCUT2D eigenvalue weighted by Gasteiger charge is 2.28. The normalized spacial score (nSPS) is 14.3. The standard InChI is InChI=1S/C28H28N6O4/c1-2-20(18-8-4-3-5-9-18)31-22-23(26(37)25(22)36)32-21-11-6-10-19(24(21)35)27(38)33-14-16-34(17-15-33)28-29-12-7-13-30-28/h3-13,20,31-32,35H,2,14-17H2,1H3/t20-/m1/s1. The summed E-state index contributed by atoms with van der Waals surface area (Å²) in [5, 5.41) is 17.0. The van der Waals surface area contributed by atoms with Gasteiger partial charge in [0.2, 0.25) is 5.95 Å². The summed E-state index contributed by atoms with van der Waals surface area (Å²) in [5.74, 6) is 0.0160. The SMILES string of the molecule is CC[C@@H](Nc1c(Nc2cccc(C(=O)N3CCN(c4ncccn4)CC3)c2O)c(=O)c1=O)c1ccccc1. The molecule has 5 rings (SSSR count). The molecule has 2 heterocycles. The van der Waals surface area contributed by atoms with Crippen molar-refractivity contribution in [2.24, 2.45) is 0 Å². The molecule has 0 radical (unpaired) electrons. The van der Waals surface area contributed by atoms with Crippen LogP contribution in [0.25, 0.3) is 0 Å². The first kappa shape index (κ1) is 24.9. The van der Waals surface area contributed by atoms with Crippen LogP contribution >= 0.6 is 0 Å². The Morgan fingerprint density at radius 3 is 2.29 bits per heavy atom. The minimum atomic E-state index is -0.675.